The molecule has 0 atom stereocenters. The molecule has 2 N–H and O–H groups in total. The zero-order chi connectivity index (χ0) is 15.1. The maximum atomic E-state index is 12.5. The molecular formula is C13H31N3O2S. The molecule has 0 saturated heterocycles. The highest BCUT2D eigenvalue weighted by Gasteiger charge is 2.30. The van der Waals surface area contributed by atoms with Gasteiger partial charge in [-0.1, -0.05) is 34.1 Å². The minimum Gasteiger partial charge on any atom is -0.330 e. The standard InChI is InChI=1S/C13H31N3O2S/c1-6-8-10-15(5)19(17,18)16(9-7-2)12-13(3,4)11-14/h6-12,14H2,1-5H3. The second-order valence-corrected chi connectivity index (χ2v) is 7.92. The lowest BCUT2D eigenvalue weighted by Gasteiger charge is -2.33. The van der Waals surface area contributed by atoms with Gasteiger partial charge in [-0.2, -0.15) is 17.0 Å². The highest BCUT2D eigenvalue weighted by atomic mass is 32.2. The minimum absolute atomic E-state index is 0.201. The minimum atomic E-state index is -3.37. The number of nitrogens with zero attached hydrogens (tertiary/aromatic N) is 2. The van der Waals surface area contributed by atoms with Gasteiger partial charge in [-0.3, -0.25) is 0 Å². The highest BCUT2D eigenvalue weighted by molar-refractivity contribution is 7.86. The Kier molecular flexibility index (Phi) is 8.12. The van der Waals surface area contributed by atoms with Crippen molar-refractivity contribution >= 4 is 10.2 Å². The van der Waals surface area contributed by atoms with Crippen molar-refractivity contribution in [3.63, 3.8) is 0 Å². The van der Waals surface area contributed by atoms with Crippen molar-refractivity contribution in [3.8, 4) is 0 Å². The first-order chi connectivity index (χ1) is 8.71. The van der Waals surface area contributed by atoms with Crippen LogP contribution in [0.15, 0.2) is 0 Å². The fourth-order valence-corrected chi connectivity index (χ4v) is 3.44. The Morgan fingerprint density at radius 2 is 1.68 bits per heavy atom. The van der Waals surface area contributed by atoms with E-state index in [9.17, 15) is 8.42 Å². The van der Waals surface area contributed by atoms with Crippen molar-refractivity contribution in [2.45, 2.75) is 47.0 Å². The molecule has 5 nitrogen and oxygen atoms in total. The fourth-order valence-electron chi connectivity index (χ4n) is 1.76. The number of rotatable bonds is 10. The smallest absolute Gasteiger partial charge is 0.281 e. The summed E-state index contributed by atoms with van der Waals surface area (Å²) in [5.41, 5.74) is 5.51. The molecule has 0 aliphatic carbocycles. The first-order valence-corrected chi connectivity index (χ1v) is 8.52. The summed E-state index contributed by atoms with van der Waals surface area (Å²) in [7, 11) is -1.71. The van der Waals surface area contributed by atoms with Crippen molar-refractivity contribution in [1.82, 2.24) is 8.61 Å². The summed E-state index contributed by atoms with van der Waals surface area (Å²) in [5.74, 6) is 0. The van der Waals surface area contributed by atoms with Crippen LogP contribution in [0.3, 0.4) is 0 Å². The van der Waals surface area contributed by atoms with Gasteiger partial charge in [0.15, 0.2) is 0 Å². The van der Waals surface area contributed by atoms with Crippen LogP contribution in [0.5, 0.6) is 0 Å². The Bertz CT molecular complexity index is 342. The molecule has 0 aromatic heterocycles. The van der Waals surface area contributed by atoms with Crippen LogP contribution in [0.2, 0.25) is 0 Å². The average molecular weight is 293 g/mol. The summed E-state index contributed by atoms with van der Waals surface area (Å²) >= 11 is 0. The Labute approximate surface area is 119 Å². The lowest BCUT2D eigenvalue weighted by Crippen LogP contribution is -2.48. The summed E-state index contributed by atoms with van der Waals surface area (Å²) in [6, 6.07) is 0. The molecule has 0 aliphatic rings. The third-order valence-electron chi connectivity index (χ3n) is 3.18. The molecule has 0 aliphatic heterocycles. The van der Waals surface area contributed by atoms with E-state index in [1.807, 2.05) is 20.8 Å². The van der Waals surface area contributed by atoms with E-state index in [2.05, 4.69) is 6.92 Å². The van der Waals surface area contributed by atoms with E-state index >= 15 is 0 Å². The average Bonchev–Trinajstić information content (AvgIpc) is 2.35. The summed E-state index contributed by atoms with van der Waals surface area (Å²) in [6.07, 6.45) is 2.68. The van der Waals surface area contributed by atoms with Gasteiger partial charge in [0.1, 0.15) is 0 Å². The monoisotopic (exact) mass is 293 g/mol. The zero-order valence-electron chi connectivity index (χ0n) is 13.1. The van der Waals surface area contributed by atoms with Gasteiger partial charge in [-0.25, -0.2) is 0 Å². The zero-order valence-corrected chi connectivity index (χ0v) is 14.0. The van der Waals surface area contributed by atoms with E-state index in [0.29, 0.717) is 26.2 Å². The van der Waals surface area contributed by atoms with Crippen LogP contribution in [-0.2, 0) is 10.2 Å². The molecule has 0 aromatic carbocycles. The molecule has 116 valence electrons. The Morgan fingerprint density at radius 1 is 1.11 bits per heavy atom. The highest BCUT2D eigenvalue weighted by Crippen LogP contribution is 2.19. The molecule has 0 rings (SSSR count). The summed E-state index contributed by atoms with van der Waals surface area (Å²) in [4.78, 5) is 0. The van der Waals surface area contributed by atoms with Gasteiger partial charge in [0.2, 0.25) is 0 Å². The van der Waals surface area contributed by atoms with Crippen LogP contribution in [0.4, 0.5) is 0 Å². The number of unbranched alkanes of at least 4 members (excludes halogenated alkanes) is 1. The molecule has 0 amide bonds. The maximum absolute atomic E-state index is 12.5. The normalized spacial score (nSPS) is 13.5. The molecule has 0 saturated carbocycles. The predicted octanol–water partition coefficient (Wildman–Crippen LogP) is 1.66. The maximum Gasteiger partial charge on any atom is 0.281 e. The van der Waals surface area contributed by atoms with Crippen molar-refractivity contribution in [2.24, 2.45) is 11.1 Å². The molecular weight excluding hydrogens is 262 g/mol. The first kappa shape index (κ1) is 18.8. The molecule has 0 bridgehead atoms. The number of hydrogen-bond donors (Lipinski definition) is 1. The van der Waals surface area contributed by atoms with Gasteiger partial charge in [-0.15, -0.1) is 0 Å². The molecule has 0 aromatic rings. The Hall–Kier alpha value is -0.170. The summed E-state index contributed by atoms with van der Waals surface area (Å²) in [6.45, 7) is 10.1. The van der Waals surface area contributed by atoms with Crippen LogP contribution >= 0.6 is 0 Å². The quantitative estimate of drug-likeness (QED) is 0.666. The fraction of sp³-hybridized carbons (Fsp3) is 1.00. The second kappa shape index (κ2) is 8.19. The lowest BCUT2D eigenvalue weighted by molar-refractivity contribution is 0.253. The first-order valence-electron chi connectivity index (χ1n) is 7.12. The molecule has 0 fully saturated rings. The van der Waals surface area contributed by atoms with Crippen LogP contribution in [0, 0.1) is 5.41 Å². The number of hydrogen-bond acceptors (Lipinski definition) is 3. The van der Waals surface area contributed by atoms with Crippen molar-refractivity contribution in [1.29, 1.82) is 0 Å². The van der Waals surface area contributed by atoms with Gasteiger partial charge < -0.3 is 5.73 Å². The third kappa shape index (κ3) is 6.21. The van der Waals surface area contributed by atoms with E-state index < -0.39 is 10.2 Å². The van der Waals surface area contributed by atoms with Crippen molar-refractivity contribution in [2.75, 3.05) is 33.2 Å². The Balaban J connectivity index is 4.94. The topological polar surface area (TPSA) is 66.6 Å². The van der Waals surface area contributed by atoms with Gasteiger partial charge in [0, 0.05) is 26.7 Å². The van der Waals surface area contributed by atoms with Crippen LogP contribution in [-0.4, -0.2) is 50.3 Å². The molecule has 0 radical (unpaired) electrons. The van der Waals surface area contributed by atoms with Gasteiger partial charge in [-0.05, 0) is 24.8 Å². The van der Waals surface area contributed by atoms with E-state index in [1.54, 1.807) is 11.4 Å². The predicted molar refractivity (Wildman–Crippen MR) is 81.2 cm³/mol. The van der Waals surface area contributed by atoms with Crippen LogP contribution < -0.4 is 5.73 Å². The molecule has 0 unspecified atom stereocenters. The van der Waals surface area contributed by atoms with Crippen LogP contribution in [0.25, 0.3) is 0 Å². The van der Waals surface area contributed by atoms with E-state index in [0.717, 1.165) is 19.3 Å². The van der Waals surface area contributed by atoms with Gasteiger partial charge >= 0.3 is 0 Å². The second-order valence-electron chi connectivity index (χ2n) is 5.88. The molecule has 0 spiro atoms. The Morgan fingerprint density at radius 3 is 2.11 bits per heavy atom. The van der Waals surface area contributed by atoms with Gasteiger partial charge in [0.25, 0.3) is 10.2 Å². The summed E-state index contributed by atoms with van der Waals surface area (Å²) in [5, 5.41) is 0. The van der Waals surface area contributed by atoms with Gasteiger partial charge in [0.05, 0.1) is 0 Å². The largest absolute Gasteiger partial charge is 0.330 e. The third-order valence-corrected chi connectivity index (χ3v) is 5.11. The molecule has 6 heteroatoms. The SMILES string of the molecule is CCCCN(C)S(=O)(=O)N(CCC)CC(C)(C)CN. The van der Waals surface area contributed by atoms with E-state index in [4.69, 9.17) is 5.73 Å². The van der Waals surface area contributed by atoms with E-state index in [-0.39, 0.29) is 5.41 Å². The molecule has 0 heterocycles. The van der Waals surface area contributed by atoms with Crippen molar-refractivity contribution < 1.29 is 8.42 Å². The molecule has 19 heavy (non-hydrogen) atoms. The number of nitrogens with two attached hydrogens (primary N) is 1. The van der Waals surface area contributed by atoms with Crippen molar-refractivity contribution in [3.05, 3.63) is 0 Å². The van der Waals surface area contributed by atoms with E-state index in [1.165, 1.54) is 4.31 Å². The summed E-state index contributed by atoms with van der Waals surface area (Å²) < 4.78 is 28.1. The lowest BCUT2D eigenvalue weighted by atomic mass is 9.94. The van der Waals surface area contributed by atoms with Crippen LogP contribution in [0.1, 0.15) is 47.0 Å².